The zero-order chi connectivity index (χ0) is 16.9. The van der Waals surface area contributed by atoms with Crippen LogP contribution >= 0.6 is 34.8 Å². The van der Waals surface area contributed by atoms with Crippen molar-refractivity contribution in [2.24, 2.45) is 0 Å². The monoisotopic (exact) mass is 375 g/mol. The van der Waals surface area contributed by atoms with Gasteiger partial charge in [0, 0.05) is 5.69 Å². The average molecular weight is 377 g/mol. The Kier molecular flexibility index (Phi) is 6.54. The first kappa shape index (κ1) is 18.3. The smallest absolute Gasteiger partial charge is 0.213 e. The first-order valence-electron chi connectivity index (χ1n) is 7.16. The van der Waals surface area contributed by atoms with Gasteiger partial charge in [0.1, 0.15) is 5.82 Å². The van der Waals surface area contributed by atoms with Gasteiger partial charge in [-0.2, -0.15) is 0 Å². The second-order valence-electron chi connectivity index (χ2n) is 5.10. The minimum Gasteiger partial charge on any atom is -0.372 e. The molecular weight excluding hydrogens is 360 g/mol. The fraction of sp³-hybridized carbons (Fsp3) is 0.294. The molecule has 2 aromatic carbocycles. The van der Waals surface area contributed by atoms with Crippen LogP contribution in [-0.4, -0.2) is 10.4 Å². The zero-order valence-corrected chi connectivity index (χ0v) is 14.9. The van der Waals surface area contributed by atoms with Crippen molar-refractivity contribution in [3.05, 3.63) is 59.4 Å². The summed E-state index contributed by atoms with van der Waals surface area (Å²) in [4.78, 5) is 0. The second kappa shape index (κ2) is 8.20. The van der Waals surface area contributed by atoms with Gasteiger partial charge >= 0.3 is 0 Å². The summed E-state index contributed by atoms with van der Waals surface area (Å²) in [6.45, 7) is 2.29. The molecule has 0 amide bonds. The maximum atomic E-state index is 13.9. The highest BCUT2D eigenvalue weighted by Gasteiger charge is 2.19. The van der Waals surface area contributed by atoms with Crippen LogP contribution in [0.5, 0.6) is 0 Å². The summed E-state index contributed by atoms with van der Waals surface area (Å²) in [5.74, 6) is -0.338. The molecule has 2 aromatic rings. The van der Waals surface area contributed by atoms with Crippen molar-refractivity contribution in [2.75, 3.05) is 11.9 Å². The Bertz CT molecular complexity index is 641. The number of rotatable bonds is 6. The van der Waals surface area contributed by atoms with E-state index in [1.54, 1.807) is 12.1 Å². The van der Waals surface area contributed by atoms with Crippen LogP contribution in [0.3, 0.4) is 0 Å². The number of aryl methyl sites for hydroxylation is 1. The molecule has 2 rings (SSSR count). The number of hydrogen-bond donors (Lipinski definition) is 1. The van der Waals surface area contributed by atoms with Crippen LogP contribution in [0.1, 0.15) is 18.1 Å². The van der Waals surface area contributed by atoms with Crippen LogP contribution < -0.4 is 5.32 Å². The van der Waals surface area contributed by atoms with Crippen LogP contribution in [0, 0.1) is 5.82 Å². The number of benzene rings is 2. The Morgan fingerprint density at radius 2 is 1.70 bits per heavy atom. The first-order chi connectivity index (χ1) is 10.9. The maximum Gasteiger partial charge on any atom is 0.213 e. The summed E-state index contributed by atoms with van der Waals surface area (Å²) in [5, 5.41) is 3.06. The van der Waals surface area contributed by atoms with Gasteiger partial charge in [0.25, 0.3) is 0 Å². The van der Waals surface area contributed by atoms with E-state index in [1.165, 1.54) is 11.6 Å². The number of ether oxygens (including phenoxy) is 1. The molecule has 0 atom stereocenters. The molecule has 0 aromatic heterocycles. The van der Waals surface area contributed by atoms with Gasteiger partial charge in [-0.3, -0.25) is 0 Å². The summed E-state index contributed by atoms with van der Waals surface area (Å²) in [5.41, 5.74) is 3.21. The van der Waals surface area contributed by atoms with E-state index in [1.807, 2.05) is 24.3 Å². The van der Waals surface area contributed by atoms with E-state index in [-0.39, 0.29) is 19.0 Å². The number of hydrogen-bond acceptors (Lipinski definition) is 2. The van der Waals surface area contributed by atoms with Gasteiger partial charge in [-0.25, -0.2) is 4.39 Å². The summed E-state index contributed by atoms with van der Waals surface area (Å²) >= 11 is 16.9. The van der Waals surface area contributed by atoms with E-state index in [4.69, 9.17) is 39.5 Å². The van der Waals surface area contributed by atoms with E-state index in [0.29, 0.717) is 5.69 Å². The van der Waals surface area contributed by atoms with E-state index >= 15 is 0 Å². The van der Waals surface area contributed by atoms with Crippen LogP contribution in [0.4, 0.5) is 15.8 Å². The van der Waals surface area contributed by atoms with Crippen molar-refractivity contribution in [1.82, 2.24) is 0 Å². The predicted molar refractivity (Wildman–Crippen MR) is 95.4 cm³/mol. The molecule has 0 saturated heterocycles. The normalized spacial score (nSPS) is 11.5. The van der Waals surface area contributed by atoms with Gasteiger partial charge in [-0.05, 0) is 41.8 Å². The van der Waals surface area contributed by atoms with E-state index in [0.717, 1.165) is 17.7 Å². The van der Waals surface area contributed by atoms with Crippen molar-refractivity contribution in [3.8, 4) is 0 Å². The molecule has 124 valence electrons. The fourth-order valence-corrected chi connectivity index (χ4v) is 2.25. The number of halogens is 4. The Hall–Kier alpha value is -1.000. The highest BCUT2D eigenvalue weighted by atomic mass is 35.6. The molecule has 2 nitrogen and oxygen atoms in total. The summed E-state index contributed by atoms with van der Waals surface area (Å²) < 4.78 is 17.8. The Labute approximate surface area is 150 Å². The maximum absolute atomic E-state index is 13.9. The lowest BCUT2D eigenvalue weighted by Gasteiger charge is -2.13. The molecule has 0 heterocycles. The van der Waals surface area contributed by atoms with Crippen LogP contribution in [0.25, 0.3) is 0 Å². The second-order valence-corrected chi connectivity index (χ2v) is 7.61. The van der Waals surface area contributed by atoms with Crippen LogP contribution in [-0.2, 0) is 17.8 Å². The van der Waals surface area contributed by atoms with Crippen molar-refractivity contribution in [1.29, 1.82) is 0 Å². The molecule has 0 unspecified atom stereocenters. The molecule has 1 N–H and O–H groups in total. The van der Waals surface area contributed by atoms with Gasteiger partial charge in [-0.15, -0.1) is 0 Å². The molecule has 0 bridgehead atoms. The molecule has 0 spiro atoms. The van der Waals surface area contributed by atoms with E-state index < -0.39 is 3.79 Å². The highest BCUT2D eigenvalue weighted by molar-refractivity contribution is 6.67. The molecule has 6 heteroatoms. The third-order valence-corrected chi connectivity index (χ3v) is 3.53. The standard InChI is InChI=1S/C17H17Cl3FNO/c1-2-12-3-6-14(7-4-12)22-16-9-13(5-8-15(16)21)10-23-11-17(18,19)20/h3-9,22H,2,10-11H2,1H3. The molecule has 23 heavy (non-hydrogen) atoms. The lowest BCUT2D eigenvalue weighted by atomic mass is 10.1. The first-order valence-corrected chi connectivity index (χ1v) is 8.29. The average Bonchev–Trinajstić information content (AvgIpc) is 2.50. The number of anilines is 2. The van der Waals surface area contributed by atoms with Crippen molar-refractivity contribution >= 4 is 46.2 Å². The van der Waals surface area contributed by atoms with Gasteiger partial charge in [0.2, 0.25) is 3.79 Å². The molecule has 0 saturated carbocycles. The van der Waals surface area contributed by atoms with Gasteiger partial charge in [0.15, 0.2) is 0 Å². The van der Waals surface area contributed by atoms with Crippen molar-refractivity contribution in [3.63, 3.8) is 0 Å². The number of nitrogens with one attached hydrogen (secondary N) is 1. The molecule has 0 radical (unpaired) electrons. The lowest BCUT2D eigenvalue weighted by molar-refractivity contribution is 0.126. The largest absolute Gasteiger partial charge is 0.372 e. The Morgan fingerprint density at radius 1 is 1.04 bits per heavy atom. The molecule has 0 fully saturated rings. The van der Waals surface area contributed by atoms with Crippen molar-refractivity contribution in [2.45, 2.75) is 23.7 Å². The third-order valence-electron chi connectivity index (χ3n) is 3.21. The zero-order valence-electron chi connectivity index (χ0n) is 12.6. The molecular formula is C17H17Cl3FNO. The third kappa shape index (κ3) is 6.19. The molecule has 0 aliphatic heterocycles. The SMILES string of the molecule is CCc1ccc(Nc2cc(COCC(Cl)(Cl)Cl)ccc2F)cc1. The summed E-state index contributed by atoms with van der Waals surface area (Å²) in [7, 11) is 0. The topological polar surface area (TPSA) is 21.3 Å². The fourth-order valence-electron chi connectivity index (χ4n) is 2.02. The number of alkyl halides is 3. The van der Waals surface area contributed by atoms with Crippen LogP contribution in [0.2, 0.25) is 0 Å². The van der Waals surface area contributed by atoms with Crippen LogP contribution in [0.15, 0.2) is 42.5 Å². The minimum absolute atomic E-state index is 0.0315. The van der Waals surface area contributed by atoms with Gasteiger partial charge in [-0.1, -0.05) is 59.9 Å². The lowest BCUT2D eigenvalue weighted by Crippen LogP contribution is -2.12. The molecule has 0 aliphatic rings. The Morgan fingerprint density at radius 3 is 2.30 bits per heavy atom. The molecule has 0 aliphatic carbocycles. The van der Waals surface area contributed by atoms with E-state index in [9.17, 15) is 4.39 Å². The van der Waals surface area contributed by atoms with Gasteiger partial charge in [0.05, 0.1) is 18.9 Å². The van der Waals surface area contributed by atoms with Gasteiger partial charge < -0.3 is 10.1 Å². The quantitative estimate of drug-likeness (QED) is 0.623. The predicted octanol–water partition coefficient (Wildman–Crippen LogP) is 6.02. The van der Waals surface area contributed by atoms with E-state index in [2.05, 4.69) is 12.2 Å². The van der Waals surface area contributed by atoms with Crippen molar-refractivity contribution < 1.29 is 9.13 Å². The minimum atomic E-state index is -1.46. The summed E-state index contributed by atoms with van der Waals surface area (Å²) in [6, 6.07) is 12.6. The summed E-state index contributed by atoms with van der Waals surface area (Å²) in [6.07, 6.45) is 0.963. The Balaban J connectivity index is 2.04. The highest BCUT2D eigenvalue weighted by Crippen LogP contribution is 2.27.